The Hall–Kier alpha value is -1.79. The number of hydrogen-bond acceptors (Lipinski definition) is 4. The van der Waals surface area contributed by atoms with Gasteiger partial charge in [-0.25, -0.2) is 0 Å². The first kappa shape index (κ1) is 21.3. The van der Waals surface area contributed by atoms with Gasteiger partial charge >= 0.3 is 0 Å². The summed E-state index contributed by atoms with van der Waals surface area (Å²) >= 11 is 0. The number of rotatable bonds is 13. The predicted octanol–water partition coefficient (Wildman–Crippen LogP) is 2.24. The third-order valence-corrected chi connectivity index (χ3v) is 3.61. The lowest BCUT2D eigenvalue weighted by Gasteiger charge is -2.11. The van der Waals surface area contributed by atoms with Gasteiger partial charge in [0.25, 0.3) is 0 Å². The molecule has 25 heavy (non-hydrogen) atoms. The van der Waals surface area contributed by atoms with Gasteiger partial charge in [0, 0.05) is 33.4 Å². The Morgan fingerprint density at radius 3 is 2.48 bits per heavy atom. The van der Waals surface area contributed by atoms with Crippen molar-refractivity contribution in [3.63, 3.8) is 0 Å². The zero-order valence-electron chi connectivity index (χ0n) is 15.8. The van der Waals surface area contributed by atoms with Crippen molar-refractivity contribution in [2.45, 2.75) is 26.2 Å². The van der Waals surface area contributed by atoms with Crippen LogP contribution in [0.25, 0.3) is 0 Å². The number of nitrogens with one attached hydrogen (secondary N) is 2. The molecule has 0 heterocycles. The third kappa shape index (κ3) is 10.6. The van der Waals surface area contributed by atoms with Crippen LogP contribution in [0.15, 0.2) is 29.3 Å². The number of methoxy groups -OCH3 is 2. The number of unbranched alkanes of at least 4 members (excludes halogenated alkanes) is 1. The molecule has 1 aromatic rings. The standard InChI is InChI=1S/C19H33N3O3/c1-4-20-19(21-12-5-6-14-25-16-15-23-2)22-13-11-17-7-9-18(24-3)10-8-17/h7-10H,4-6,11-16H2,1-3H3,(H2,20,21,22). The van der Waals surface area contributed by atoms with Crippen LogP contribution in [0.5, 0.6) is 5.75 Å². The summed E-state index contributed by atoms with van der Waals surface area (Å²) in [5, 5.41) is 6.65. The molecule has 2 N–H and O–H groups in total. The number of aliphatic imine (C=N–C) groups is 1. The lowest BCUT2D eigenvalue weighted by Crippen LogP contribution is -2.38. The summed E-state index contributed by atoms with van der Waals surface area (Å²) in [5.74, 6) is 1.76. The Labute approximate surface area is 152 Å². The second-order valence-electron chi connectivity index (χ2n) is 5.60. The van der Waals surface area contributed by atoms with E-state index in [0.717, 1.165) is 57.2 Å². The fourth-order valence-corrected chi connectivity index (χ4v) is 2.21. The Morgan fingerprint density at radius 2 is 1.80 bits per heavy atom. The molecule has 0 spiro atoms. The van der Waals surface area contributed by atoms with Gasteiger partial charge in [0.05, 0.1) is 20.3 Å². The zero-order chi connectivity index (χ0) is 18.2. The molecule has 0 amide bonds. The minimum atomic E-state index is 0.654. The second-order valence-corrected chi connectivity index (χ2v) is 5.60. The normalized spacial score (nSPS) is 11.4. The van der Waals surface area contributed by atoms with Gasteiger partial charge in [-0.3, -0.25) is 4.99 Å². The van der Waals surface area contributed by atoms with Crippen molar-refractivity contribution in [1.82, 2.24) is 10.6 Å². The van der Waals surface area contributed by atoms with Crippen molar-refractivity contribution in [3.8, 4) is 5.75 Å². The van der Waals surface area contributed by atoms with Crippen molar-refractivity contribution in [3.05, 3.63) is 29.8 Å². The van der Waals surface area contributed by atoms with Crippen molar-refractivity contribution in [2.24, 2.45) is 4.99 Å². The van der Waals surface area contributed by atoms with E-state index in [1.807, 2.05) is 12.1 Å². The van der Waals surface area contributed by atoms with Crippen LogP contribution in [0.4, 0.5) is 0 Å². The molecule has 0 atom stereocenters. The smallest absolute Gasteiger partial charge is 0.191 e. The average molecular weight is 351 g/mol. The van der Waals surface area contributed by atoms with Gasteiger partial charge in [-0.2, -0.15) is 0 Å². The van der Waals surface area contributed by atoms with E-state index in [4.69, 9.17) is 14.2 Å². The van der Waals surface area contributed by atoms with Gasteiger partial charge in [-0.1, -0.05) is 12.1 Å². The van der Waals surface area contributed by atoms with Gasteiger partial charge in [-0.15, -0.1) is 0 Å². The lowest BCUT2D eigenvalue weighted by atomic mass is 10.1. The summed E-state index contributed by atoms with van der Waals surface area (Å²) in [6.07, 6.45) is 2.97. The summed E-state index contributed by atoms with van der Waals surface area (Å²) < 4.78 is 15.6. The number of nitrogens with zero attached hydrogens (tertiary/aromatic N) is 1. The second kappa shape index (κ2) is 14.5. The fraction of sp³-hybridized carbons (Fsp3) is 0.632. The molecular weight excluding hydrogens is 318 g/mol. The molecular formula is C19H33N3O3. The van der Waals surface area contributed by atoms with E-state index in [1.54, 1.807) is 14.2 Å². The number of hydrogen-bond donors (Lipinski definition) is 2. The predicted molar refractivity (Wildman–Crippen MR) is 103 cm³/mol. The monoisotopic (exact) mass is 351 g/mol. The van der Waals surface area contributed by atoms with Crippen molar-refractivity contribution >= 4 is 5.96 Å². The van der Waals surface area contributed by atoms with Gasteiger partial charge in [0.2, 0.25) is 0 Å². The van der Waals surface area contributed by atoms with Crippen LogP contribution >= 0.6 is 0 Å². The number of guanidine groups is 1. The molecule has 6 nitrogen and oxygen atoms in total. The summed E-state index contributed by atoms with van der Waals surface area (Å²) in [7, 11) is 3.36. The molecule has 1 rings (SSSR count). The van der Waals surface area contributed by atoms with Crippen molar-refractivity contribution < 1.29 is 14.2 Å². The maximum atomic E-state index is 5.45. The quantitative estimate of drug-likeness (QED) is 0.324. The molecule has 0 aliphatic rings. The first-order valence-corrected chi connectivity index (χ1v) is 9.02. The summed E-state index contributed by atoms with van der Waals surface area (Å²) in [6, 6.07) is 8.16. The van der Waals surface area contributed by atoms with E-state index in [2.05, 4.69) is 34.7 Å². The van der Waals surface area contributed by atoms with E-state index in [-0.39, 0.29) is 0 Å². The first-order valence-electron chi connectivity index (χ1n) is 9.02. The van der Waals surface area contributed by atoms with Crippen LogP contribution in [0.3, 0.4) is 0 Å². The van der Waals surface area contributed by atoms with Crippen LogP contribution < -0.4 is 15.4 Å². The van der Waals surface area contributed by atoms with E-state index in [0.29, 0.717) is 13.2 Å². The highest BCUT2D eigenvalue weighted by Gasteiger charge is 1.99. The molecule has 6 heteroatoms. The Morgan fingerprint density at radius 1 is 1.00 bits per heavy atom. The largest absolute Gasteiger partial charge is 0.497 e. The molecule has 0 aromatic heterocycles. The van der Waals surface area contributed by atoms with Crippen LogP contribution in [-0.2, 0) is 15.9 Å². The number of ether oxygens (including phenoxy) is 3. The SMILES string of the molecule is CCNC(=NCCCCOCCOC)NCCc1ccc(OC)cc1. The summed E-state index contributed by atoms with van der Waals surface area (Å²) in [4.78, 5) is 4.60. The topological polar surface area (TPSA) is 64.1 Å². The van der Waals surface area contributed by atoms with Crippen LogP contribution in [-0.4, -0.2) is 59.6 Å². The lowest BCUT2D eigenvalue weighted by molar-refractivity contribution is 0.0690. The van der Waals surface area contributed by atoms with Crippen molar-refractivity contribution in [1.29, 1.82) is 0 Å². The van der Waals surface area contributed by atoms with Crippen LogP contribution in [0, 0.1) is 0 Å². The maximum absolute atomic E-state index is 5.45. The highest BCUT2D eigenvalue weighted by atomic mass is 16.5. The first-order chi connectivity index (χ1) is 12.3. The minimum Gasteiger partial charge on any atom is -0.497 e. The maximum Gasteiger partial charge on any atom is 0.191 e. The highest BCUT2D eigenvalue weighted by Crippen LogP contribution is 2.11. The van der Waals surface area contributed by atoms with E-state index >= 15 is 0 Å². The van der Waals surface area contributed by atoms with E-state index < -0.39 is 0 Å². The molecule has 0 saturated carbocycles. The molecule has 0 aliphatic carbocycles. The molecule has 142 valence electrons. The van der Waals surface area contributed by atoms with Gasteiger partial charge < -0.3 is 24.8 Å². The molecule has 0 radical (unpaired) electrons. The van der Waals surface area contributed by atoms with E-state index in [9.17, 15) is 0 Å². The zero-order valence-corrected chi connectivity index (χ0v) is 15.8. The third-order valence-electron chi connectivity index (χ3n) is 3.61. The van der Waals surface area contributed by atoms with Gasteiger partial charge in [-0.05, 0) is 43.9 Å². The fourth-order valence-electron chi connectivity index (χ4n) is 2.21. The van der Waals surface area contributed by atoms with Crippen LogP contribution in [0.2, 0.25) is 0 Å². The van der Waals surface area contributed by atoms with Crippen LogP contribution in [0.1, 0.15) is 25.3 Å². The van der Waals surface area contributed by atoms with E-state index in [1.165, 1.54) is 5.56 Å². The Balaban J connectivity index is 2.21. The Kier molecular flexibility index (Phi) is 12.4. The summed E-state index contributed by atoms with van der Waals surface area (Å²) in [6.45, 7) is 6.65. The highest BCUT2D eigenvalue weighted by molar-refractivity contribution is 5.79. The van der Waals surface area contributed by atoms with Gasteiger partial charge in [0.15, 0.2) is 5.96 Å². The molecule has 0 saturated heterocycles. The number of benzene rings is 1. The Bertz CT molecular complexity index is 463. The van der Waals surface area contributed by atoms with Crippen molar-refractivity contribution in [2.75, 3.05) is 53.7 Å². The average Bonchev–Trinajstić information content (AvgIpc) is 2.64. The molecule has 0 unspecified atom stereocenters. The molecule has 0 fully saturated rings. The van der Waals surface area contributed by atoms with Gasteiger partial charge in [0.1, 0.15) is 5.75 Å². The molecule has 0 aliphatic heterocycles. The summed E-state index contributed by atoms with van der Waals surface area (Å²) in [5.41, 5.74) is 1.28. The minimum absolute atomic E-state index is 0.654. The molecule has 1 aromatic carbocycles. The molecule has 0 bridgehead atoms.